The van der Waals surface area contributed by atoms with Crippen molar-refractivity contribution >= 4 is 5.69 Å². The summed E-state index contributed by atoms with van der Waals surface area (Å²) >= 11 is 0. The quantitative estimate of drug-likeness (QED) is 0.871. The van der Waals surface area contributed by atoms with Crippen LogP contribution in [0.15, 0.2) is 36.7 Å². The number of nitrogen functional groups attached to an aromatic ring is 1. The topological polar surface area (TPSA) is 70.3 Å². The second-order valence-corrected chi connectivity index (χ2v) is 3.48. The Labute approximate surface area is 99.2 Å². The van der Waals surface area contributed by atoms with Crippen LogP contribution in [0.3, 0.4) is 0 Å². The van der Waals surface area contributed by atoms with Crippen molar-refractivity contribution in [3.8, 4) is 11.8 Å². The van der Waals surface area contributed by atoms with Gasteiger partial charge in [-0.3, -0.25) is 0 Å². The standard InChI is InChI=1S/C12H13N3O2/c1-16-8-9-3-2-4-11(5-9)17-12-14-6-10(13)7-15-12/h2-7H,8,13H2,1H3. The average Bonchev–Trinajstić information content (AvgIpc) is 2.33. The predicted octanol–water partition coefficient (Wildman–Crippen LogP) is 2.00. The molecule has 0 radical (unpaired) electrons. The number of ether oxygens (including phenoxy) is 2. The smallest absolute Gasteiger partial charge is 0.322 e. The van der Waals surface area contributed by atoms with Gasteiger partial charge in [0.2, 0.25) is 0 Å². The zero-order valence-corrected chi connectivity index (χ0v) is 9.46. The van der Waals surface area contributed by atoms with Crippen molar-refractivity contribution in [2.24, 2.45) is 0 Å². The van der Waals surface area contributed by atoms with Crippen molar-refractivity contribution in [1.82, 2.24) is 9.97 Å². The molecule has 0 bridgehead atoms. The lowest BCUT2D eigenvalue weighted by molar-refractivity contribution is 0.184. The highest BCUT2D eigenvalue weighted by Gasteiger charge is 2.01. The molecule has 2 aromatic rings. The zero-order chi connectivity index (χ0) is 12.1. The summed E-state index contributed by atoms with van der Waals surface area (Å²) in [5, 5.41) is 0. The van der Waals surface area contributed by atoms with E-state index in [1.54, 1.807) is 7.11 Å². The molecular formula is C12H13N3O2. The molecule has 5 nitrogen and oxygen atoms in total. The molecule has 0 aliphatic carbocycles. The van der Waals surface area contributed by atoms with Gasteiger partial charge < -0.3 is 15.2 Å². The molecule has 0 fully saturated rings. The average molecular weight is 231 g/mol. The van der Waals surface area contributed by atoms with Gasteiger partial charge in [-0.1, -0.05) is 12.1 Å². The summed E-state index contributed by atoms with van der Waals surface area (Å²) in [5.41, 5.74) is 7.02. The lowest BCUT2D eigenvalue weighted by atomic mass is 10.2. The number of aromatic nitrogens is 2. The molecule has 0 aliphatic rings. The Hall–Kier alpha value is -2.14. The molecule has 2 rings (SSSR count). The molecule has 0 saturated carbocycles. The fourth-order valence-electron chi connectivity index (χ4n) is 1.35. The summed E-state index contributed by atoms with van der Waals surface area (Å²) in [7, 11) is 1.65. The number of nitrogens with zero attached hydrogens (tertiary/aromatic N) is 2. The third kappa shape index (κ3) is 3.15. The lowest BCUT2D eigenvalue weighted by Gasteiger charge is -2.05. The third-order valence-corrected chi connectivity index (χ3v) is 2.07. The molecule has 2 N–H and O–H groups in total. The molecule has 88 valence electrons. The van der Waals surface area contributed by atoms with Crippen molar-refractivity contribution in [3.05, 3.63) is 42.2 Å². The van der Waals surface area contributed by atoms with E-state index in [-0.39, 0.29) is 6.01 Å². The zero-order valence-electron chi connectivity index (χ0n) is 9.46. The van der Waals surface area contributed by atoms with Crippen LogP contribution in [0.25, 0.3) is 0 Å². The molecule has 1 aromatic heterocycles. The maximum atomic E-state index is 5.49. The minimum Gasteiger partial charge on any atom is -0.424 e. The molecule has 0 atom stereocenters. The van der Waals surface area contributed by atoms with Crippen LogP contribution in [0.5, 0.6) is 11.8 Å². The van der Waals surface area contributed by atoms with Gasteiger partial charge in [0.05, 0.1) is 24.7 Å². The molecule has 0 amide bonds. The summed E-state index contributed by atoms with van der Waals surface area (Å²) in [6, 6.07) is 7.83. The number of hydrogen-bond donors (Lipinski definition) is 1. The van der Waals surface area contributed by atoms with Crippen molar-refractivity contribution in [1.29, 1.82) is 0 Å². The Morgan fingerprint density at radius 2 is 2.00 bits per heavy atom. The van der Waals surface area contributed by atoms with Crippen LogP contribution in [0.1, 0.15) is 5.56 Å². The van der Waals surface area contributed by atoms with Crippen LogP contribution in [0, 0.1) is 0 Å². The van der Waals surface area contributed by atoms with E-state index in [0.717, 1.165) is 5.56 Å². The van der Waals surface area contributed by atoms with Crippen LogP contribution in [0.2, 0.25) is 0 Å². The Morgan fingerprint density at radius 3 is 2.71 bits per heavy atom. The molecular weight excluding hydrogens is 218 g/mol. The predicted molar refractivity (Wildman–Crippen MR) is 63.7 cm³/mol. The minimum absolute atomic E-state index is 0.272. The summed E-state index contributed by atoms with van der Waals surface area (Å²) in [6.07, 6.45) is 3.00. The van der Waals surface area contributed by atoms with E-state index in [9.17, 15) is 0 Å². The van der Waals surface area contributed by atoms with Gasteiger partial charge in [-0.25, -0.2) is 9.97 Å². The van der Waals surface area contributed by atoms with Crippen LogP contribution in [-0.4, -0.2) is 17.1 Å². The first kappa shape index (κ1) is 11.3. The largest absolute Gasteiger partial charge is 0.424 e. The van der Waals surface area contributed by atoms with E-state index in [4.69, 9.17) is 15.2 Å². The number of rotatable bonds is 4. The van der Waals surface area contributed by atoms with Gasteiger partial charge in [-0.05, 0) is 17.7 Å². The van der Waals surface area contributed by atoms with E-state index in [1.807, 2.05) is 24.3 Å². The van der Waals surface area contributed by atoms with E-state index in [1.165, 1.54) is 12.4 Å². The van der Waals surface area contributed by atoms with Gasteiger partial charge in [0.1, 0.15) is 5.75 Å². The van der Waals surface area contributed by atoms with E-state index < -0.39 is 0 Å². The molecule has 1 aromatic carbocycles. The maximum absolute atomic E-state index is 5.49. The van der Waals surface area contributed by atoms with Crippen LogP contribution >= 0.6 is 0 Å². The SMILES string of the molecule is COCc1cccc(Oc2ncc(N)cn2)c1. The van der Waals surface area contributed by atoms with Crippen LogP contribution in [-0.2, 0) is 11.3 Å². The van der Waals surface area contributed by atoms with Gasteiger partial charge >= 0.3 is 6.01 Å². The van der Waals surface area contributed by atoms with Crippen LogP contribution in [0.4, 0.5) is 5.69 Å². The summed E-state index contributed by atoms with van der Waals surface area (Å²) in [5.74, 6) is 0.671. The Kier molecular flexibility index (Phi) is 3.52. The Morgan fingerprint density at radius 1 is 1.24 bits per heavy atom. The summed E-state index contributed by atoms with van der Waals surface area (Å²) in [6.45, 7) is 0.541. The van der Waals surface area contributed by atoms with Crippen molar-refractivity contribution in [2.45, 2.75) is 6.61 Å². The van der Waals surface area contributed by atoms with Gasteiger partial charge in [-0.2, -0.15) is 0 Å². The van der Waals surface area contributed by atoms with Crippen LogP contribution < -0.4 is 10.5 Å². The number of methoxy groups -OCH3 is 1. The first-order valence-electron chi connectivity index (χ1n) is 5.11. The normalized spacial score (nSPS) is 10.2. The Balaban J connectivity index is 2.12. The summed E-state index contributed by atoms with van der Waals surface area (Å²) in [4.78, 5) is 7.92. The Bertz CT molecular complexity index is 485. The number of hydrogen-bond acceptors (Lipinski definition) is 5. The molecule has 0 unspecified atom stereocenters. The van der Waals surface area contributed by atoms with Gasteiger partial charge in [0.15, 0.2) is 0 Å². The van der Waals surface area contributed by atoms with E-state index in [0.29, 0.717) is 18.0 Å². The molecule has 0 spiro atoms. The second kappa shape index (κ2) is 5.27. The molecule has 1 heterocycles. The summed E-state index contributed by atoms with van der Waals surface area (Å²) < 4.78 is 10.5. The van der Waals surface area contributed by atoms with E-state index >= 15 is 0 Å². The first-order chi connectivity index (χ1) is 8.28. The number of nitrogens with two attached hydrogens (primary N) is 1. The highest BCUT2D eigenvalue weighted by molar-refractivity contribution is 5.33. The fraction of sp³-hybridized carbons (Fsp3) is 0.167. The minimum atomic E-state index is 0.272. The lowest BCUT2D eigenvalue weighted by Crippen LogP contribution is -1.94. The molecule has 0 aliphatic heterocycles. The van der Waals surface area contributed by atoms with Gasteiger partial charge in [-0.15, -0.1) is 0 Å². The van der Waals surface area contributed by atoms with Gasteiger partial charge in [0, 0.05) is 7.11 Å². The molecule has 0 saturated heterocycles. The highest BCUT2D eigenvalue weighted by atomic mass is 16.5. The fourth-order valence-corrected chi connectivity index (χ4v) is 1.35. The van der Waals surface area contributed by atoms with Crippen molar-refractivity contribution < 1.29 is 9.47 Å². The van der Waals surface area contributed by atoms with E-state index in [2.05, 4.69) is 9.97 Å². The maximum Gasteiger partial charge on any atom is 0.322 e. The number of benzene rings is 1. The second-order valence-electron chi connectivity index (χ2n) is 3.48. The molecule has 17 heavy (non-hydrogen) atoms. The monoisotopic (exact) mass is 231 g/mol. The molecule has 5 heteroatoms. The third-order valence-electron chi connectivity index (χ3n) is 2.07. The van der Waals surface area contributed by atoms with Crippen molar-refractivity contribution in [2.75, 3.05) is 12.8 Å². The van der Waals surface area contributed by atoms with Gasteiger partial charge in [0.25, 0.3) is 0 Å². The number of anilines is 1. The highest BCUT2D eigenvalue weighted by Crippen LogP contribution is 2.19. The van der Waals surface area contributed by atoms with Crippen molar-refractivity contribution in [3.63, 3.8) is 0 Å². The first-order valence-corrected chi connectivity index (χ1v) is 5.11.